The number of aromatic nitrogens is 1. The molecule has 0 N–H and O–H groups in total. The van der Waals surface area contributed by atoms with Gasteiger partial charge in [-0.15, -0.1) is 0 Å². The van der Waals surface area contributed by atoms with E-state index in [9.17, 15) is 4.79 Å². The molecule has 4 heteroatoms. The van der Waals surface area contributed by atoms with E-state index in [2.05, 4.69) is 4.98 Å². The lowest BCUT2D eigenvalue weighted by atomic mass is 10.0. The summed E-state index contributed by atoms with van der Waals surface area (Å²) in [5.41, 5.74) is 0. The van der Waals surface area contributed by atoms with Crippen molar-refractivity contribution in [3.05, 3.63) is 17.8 Å². The quantitative estimate of drug-likeness (QED) is 0.675. The number of oxazole rings is 1. The lowest BCUT2D eigenvalue weighted by Gasteiger charge is -2.18. The van der Waals surface area contributed by atoms with Gasteiger partial charge in [0.25, 0.3) is 0 Å². The Balaban J connectivity index is 2.11. The second-order valence-corrected chi connectivity index (χ2v) is 3.53. The van der Waals surface area contributed by atoms with Crippen LogP contribution in [0.5, 0.6) is 0 Å². The van der Waals surface area contributed by atoms with Crippen molar-refractivity contribution in [2.24, 2.45) is 0 Å². The highest BCUT2D eigenvalue weighted by atomic mass is 16.5. The molecule has 1 aliphatic rings. The molecule has 0 saturated carbocycles. The number of rotatable bonds is 2. The molecule has 0 amide bonds. The van der Waals surface area contributed by atoms with Crippen LogP contribution in [0.2, 0.25) is 0 Å². The molecule has 0 spiro atoms. The van der Waals surface area contributed by atoms with Crippen molar-refractivity contribution in [2.45, 2.75) is 25.7 Å². The number of ketones is 1. The van der Waals surface area contributed by atoms with E-state index in [0.29, 0.717) is 18.3 Å². The van der Waals surface area contributed by atoms with E-state index >= 15 is 0 Å². The molecule has 0 aromatic carbocycles. The average Bonchev–Trinajstić information content (AvgIpc) is 2.68. The van der Waals surface area contributed by atoms with Crippen molar-refractivity contribution in [3.8, 4) is 0 Å². The summed E-state index contributed by atoms with van der Waals surface area (Å²) in [6.45, 7) is 2.94. The maximum Gasteiger partial charge on any atom is 0.200 e. The minimum Gasteiger partial charge on any atom is -0.437 e. The lowest BCUT2D eigenvalue weighted by molar-refractivity contribution is 0.0716. The SMILES string of the molecule is CC(=O)c1cnc(C2CCCOC2)o1. The zero-order valence-corrected chi connectivity index (χ0v) is 8.16. The molecular weight excluding hydrogens is 182 g/mol. The van der Waals surface area contributed by atoms with Gasteiger partial charge in [-0.3, -0.25) is 4.79 Å². The lowest BCUT2D eigenvalue weighted by Crippen LogP contribution is -2.15. The summed E-state index contributed by atoms with van der Waals surface area (Å²) in [5.74, 6) is 1.11. The van der Waals surface area contributed by atoms with E-state index in [1.807, 2.05) is 0 Å². The first kappa shape index (κ1) is 9.40. The molecule has 1 unspecified atom stereocenters. The zero-order valence-electron chi connectivity index (χ0n) is 8.16. The molecule has 2 heterocycles. The highest BCUT2D eigenvalue weighted by Gasteiger charge is 2.21. The summed E-state index contributed by atoms with van der Waals surface area (Å²) in [5, 5.41) is 0. The normalized spacial score (nSPS) is 22.2. The average molecular weight is 195 g/mol. The number of Topliss-reactive ketones (excluding diaryl/α,β-unsaturated/α-hetero) is 1. The highest BCUT2D eigenvalue weighted by Crippen LogP contribution is 2.24. The monoisotopic (exact) mass is 195 g/mol. The molecular formula is C10H13NO3. The Morgan fingerprint density at radius 3 is 3.07 bits per heavy atom. The summed E-state index contributed by atoms with van der Waals surface area (Å²) in [6.07, 6.45) is 3.55. The van der Waals surface area contributed by atoms with Crippen molar-refractivity contribution in [1.82, 2.24) is 4.98 Å². The molecule has 0 aliphatic carbocycles. The first-order valence-electron chi connectivity index (χ1n) is 4.82. The molecule has 2 rings (SSSR count). The summed E-state index contributed by atoms with van der Waals surface area (Å²) in [6, 6.07) is 0. The maximum atomic E-state index is 11.0. The van der Waals surface area contributed by atoms with Gasteiger partial charge in [0.1, 0.15) is 0 Å². The van der Waals surface area contributed by atoms with Crippen LogP contribution in [0.4, 0.5) is 0 Å². The van der Waals surface area contributed by atoms with Crippen molar-refractivity contribution < 1.29 is 13.9 Å². The molecule has 0 radical (unpaired) electrons. The van der Waals surface area contributed by atoms with Gasteiger partial charge in [-0.1, -0.05) is 0 Å². The summed E-state index contributed by atoms with van der Waals surface area (Å²) < 4.78 is 10.7. The predicted molar refractivity (Wildman–Crippen MR) is 49.3 cm³/mol. The Labute approximate surface area is 82.3 Å². The van der Waals surface area contributed by atoms with Crippen LogP contribution in [0.15, 0.2) is 10.6 Å². The van der Waals surface area contributed by atoms with E-state index in [1.54, 1.807) is 0 Å². The van der Waals surface area contributed by atoms with Crippen LogP contribution in [0.3, 0.4) is 0 Å². The Morgan fingerprint density at radius 1 is 1.64 bits per heavy atom. The van der Waals surface area contributed by atoms with Crippen molar-refractivity contribution >= 4 is 5.78 Å². The Hall–Kier alpha value is -1.16. The zero-order chi connectivity index (χ0) is 9.97. The maximum absolute atomic E-state index is 11.0. The van der Waals surface area contributed by atoms with Gasteiger partial charge in [-0.05, 0) is 12.8 Å². The van der Waals surface area contributed by atoms with Gasteiger partial charge in [0.2, 0.25) is 0 Å². The molecule has 1 aliphatic heterocycles. The van der Waals surface area contributed by atoms with Crippen LogP contribution in [0, 0.1) is 0 Å². The van der Waals surface area contributed by atoms with Gasteiger partial charge in [-0.2, -0.15) is 0 Å². The number of hydrogen-bond acceptors (Lipinski definition) is 4. The molecule has 4 nitrogen and oxygen atoms in total. The summed E-state index contributed by atoms with van der Waals surface area (Å²) in [4.78, 5) is 15.1. The van der Waals surface area contributed by atoms with Gasteiger partial charge in [0.05, 0.1) is 18.7 Å². The Kier molecular flexibility index (Phi) is 2.63. The predicted octanol–water partition coefficient (Wildman–Crippen LogP) is 1.77. The van der Waals surface area contributed by atoms with Crippen LogP contribution in [-0.4, -0.2) is 24.0 Å². The fraction of sp³-hybridized carbons (Fsp3) is 0.600. The van der Waals surface area contributed by atoms with Crippen molar-refractivity contribution in [3.63, 3.8) is 0 Å². The van der Waals surface area contributed by atoms with Crippen LogP contribution >= 0.6 is 0 Å². The fourth-order valence-electron chi connectivity index (χ4n) is 1.57. The van der Waals surface area contributed by atoms with Gasteiger partial charge in [0.15, 0.2) is 17.4 Å². The van der Waals surface area contributed by atoms with Gasteiger partial charge >= 0.3 is 0 Å². The molecule has 0 bridgehead atoms. The smallest absolute Gasteiger partial charge is 0.200 e. The van der Waals surface area contributed by atoms with Crippen molar-refractivity contribution in [1.29, 1.82) is 0 Å². The molecule has 1 aromatic rings. The largest absolute Gasteiger partial charge is 0.437 e. The molecule has 1 fully saturated rings. The van der Waals surface area contributed by atoms with E-state index in [0.717, 1.165) is 19.4 Å². The topological polar surface area (TPSA) is 52.3 Å². The highest BCUT2D eigenvalue weighted by molar-refractivity contribution is 5.90. The van der Waals surface area contributed by atoms with Gasteiger partial charge < -0.3 is 9.15 Å². The van der Waals surface area contributed by atoms with E-state index < -0.39 is 0 Å². The number of hydrogen-bond donors (Lipinski definition) is 0. The van der Waals surface area contributed by atoms with Gasteiger partial charge in [-0.25, -0.2) is 4.98 Å². The fourth-order valence-corrected chi connectivity index (χ4v) is 1.57. The second kappa shape index (κ2) is 3.92. The molecule has 1 saturated heterocycles. The first-order chi connectivity index (χ1) is 6.77. The standard InChI is InChI=1S/C10H13NO3/c1-7(12)9-5-11-10(14-9)8-3-2-4-13-6-8/h5,8H,2-4,6H2,1H3. The van der Waals surface area contributed by atoms with Gasteiger partial charge in [0, 0.05) is 13.5 Å². The van der Waals surface area contributed by atoms with E-state index in [1.165, 1.54) is 13.1 Å². The van der Waals surface area contributed by atoms with E-state index in [4.69, 9.17) is 9.15 Å². The minimum absolute atomic E-state index is 0.0829. The molecule has 76 valence electrons. The number of ether oxygens (including phenoxy) is 1. The summed E-state index contributed by atoms with van der Waals surface area (Å²) >= 11 is 0. The van der Waals surface area contributed by atoms with Crippen LogP contribution in [0.25, 0.3) is 0 Å². The minimum atomic E-state index is -0.0829. The number of nitrogens with zero attached hydrogens (tertiary/aromatic N) is 1. The third-order valence-electron chi connectivity index (χ3n) is 2.38. The first-order valence-corrected chi connectivity index (χ1v) is 4.82. The second-order valence-electron chi connectivity index (χ2n) is 3.53. The van der Waals surface area contributed by atoms with Crippen LogP contribution < -0.4 is 0 Å². The van der Waals surface area contributed by atoms with E-state index in [-0.39, 0.29) is 11.7 Å². The molecule has 14 heavy (non-hydrogen) atoms. The van der Waals surface area contributed by atoms with Crippen molar-refractivity contribution in [2.75, 3.05) is 13.2 Å². The number of carbonyl (C=O) groups is 1. The van der Waals surface area contributed by atoms with Crippen LogP contribution in [-0.2, 0) is 4.74 Å². The number of carbonyl (C=O) groups excluding carboxylic acids is 1. The Morgan fingerprint density at radius 2 is 2.50 bits per heavy atom. The van der Waals surface area contributed by atoms with Crippen LogP contribution in [0.1, 0.15) is 42.1 Å². The molecule has 1 atom stereocenters. The third kappa shape index (κ3) is 1.85. The molecule has 1 aromatic heterocycles. The summed E-state index contributed by atoms with van der Waals surface area (Å²) in [7, 11) is 0. The Bertz CT molecular complexity index is 326. The third-order valence-corrected chi connectivity index (χ3v) is 2.38.